The first-order chi connectivity index (χ1) is 14.7. The first-order valence-corrected chi connectivity index (χ1v) is 8.91. The summed E-state index contributed by atoms with van der Waals surface area (Å²) in [7, 11) is 0. The number of hydrogen-bond acceptors (Lipinski definition) is 4. The van der Waals surface area contributed by atoms with Gasteiger partial charge in [-0.25, -0.2) is 9.18 Å². The predicted molar refractivity (Wildman–Crippen MR) is 108 cm³/mol. The molecule has 4 N–H and O–H groups in total. The number of carbonyl (C=O) groups excluding carboxylic acids is 1. The molecule has 158 valence electrons. The number of alkyl halides is 3. The second-order valence-electron chi connectivity index (χ2n) is 6.60. The standard InChI is InChI=1S/C21H14F4N4O2/c22-16-9-8-13(10-15(16)21(23,24)25)28-20(30)27-12-6-4-11(5-7-12)14-2-1-3-17-18(14)19(26)31-29-17/h1-10H,26H2,(H2,27,28,30). The molecular formula is C21H14F4N4O2. The topological polar surface area (TPSA) is 93.2 Å². The summed E-state index contributed by atoms with van der Waals surface area (Å²) in [6.45, 7) is 0. The molecule has 0 spiro atoms. The Kier molecular flexibility index (Phi) is 4.97. The maximum Gasteiger partial charge on any atom is 0.419 e. The van der Waals surface area contributed by atoms with Gasteiger partial charge in [-0.1, -0.05) is 29.4 Å². The Balaban J connectivity index is 1.49. The number of halogens is 4. The molecule has 0 aliphatic heterocycles. The smallest absolute Gasteiger partial charge is 0.367 e. The quantitative estimate of drug-likeness (QED) is 0.354. The van der Waals surface area contributed by atoms with Gasteiger partial charge >= 0.3 is 12.2 Å². The van der Waals surface area contributed by atoms with Crippen LogP contribution in [0.25, 0.3) is 22.0 Å². The number of anilines is 3. The molecule has 4 aromatic rings. The highest BCUT2D eigenvalue weighted by Gasteiger charge is 2.34. The van der Waals surface area contributed by atoms with Crippen LogP contribution in [0.15, 0.2) is 65.2 Å². The van der Waals surface area contributed by atoms with E-state index in [4.69, 9.17) is 10.3 Å². The van der Waals surface area contributed by atoms with E-state index in [1.54, 1.807) is 36.4 Å². The van der Waals surface area contributed by atoms with Crippen molar-refractivity contribution in [2.75, 3.05) is 16.4 Å². The van der Waals surface area contributed by atoms with Gasteiger partial charge in [-0.15, -0.1) is 0 Å². The lowest BCUT2D eigenvalue weighted by Gasteiger charge is -2.12. The number of nitrogens with one attached hydrogen (secondary N) is 2. The van der Waals surface area contributed by atoms with Crippen molar-refractivity contribution in [3.05, 3.63) is 72.0 Å². The zero-order valence-electron chi connectivity index (χ0n) is 15.6. The number of hydrogen-bond donors (Lipinski definition) is 3. The molecule has 4 rings (SSSR count). The van der Waals surface area contributed by atoms with Gasteiger partial charge in [0, 0.05) is 11.4 Å². The molecule has 6 nitrogen and oxygen atoms in total. The first kappa shape index (κ1) is 20.2. The molecule has 1 heterocycles. The van der Waals surface area contributed by atoms with E-state index in [0.29, 0.717) is 28.7 Å². The largest absolute Gasteiger partial charge is 0.419 e. The van der Waals surface area contributed by atoms with Gasteiger partial charge in [0.05, 0.1) is 10.9 Å². The van der Waals surface area contributed by atoms with Crippen molar-refractivity contribution in [3.8, 4) is 11.1 Å². The van der Waals surface area contributed by atoms with Crippen LogP contribution in [0.3, 0.4) is 0 Å². The fourth-order valence-electron chi connectivity index (χ4n) is 3.11. The molecule has 0 radical (unpaired) electrons. The van der Waals surface area contributed by atoms with E-state index in [9.17, 15) is 22.4 Å². The summed E-state index contributed by atoms with van der Waals surface area (Å²) >= 11 is 0. The number of urea groups is 1. The molecule has 0 aliphatic carbocycles. The van der Waals surface area contributed by atoms with E-state index in [1.165, 1.54) is 0 Å². The number of rotatable bonds is 3. The number of carbonyl (C=O) groups is 1. The zero-order valence-corrected chi connectivity index (χ0v) is 15.6. The number of fused-ring (bicyclic) bond motifs is 1. The molecule has 0 saturated heterocycles. The second-order valence-corrected chi connectivity index (χ2v) is 6.60. The van der Waals surface area contributed by atoms with Gasteiger partial charge in [0.15, 0.2) is 0 Å². The number of nitrogens with zero attached hydrogens (tertiary/aromatic N) is 1. The summed E-state index contributed by atoms with van der Waals surface area (Å²) in [5.74, 6) is -1.23. The highest BCUT2D eigenvalue weighted by atomic mass is 19.4. The minimum Gasteiger partial charge on any atom is -0.367 e. The average molecular weight is 430 g/mol. The van der Waals surface area contributed by atoms with Crippen LogP contribution in [0.4, 0.5) is 39.6 Å². The summed E-state index contributed by atoms with van der Waals surface area (Å²) in [5.41, 5.74) is 6.76. The number of aromatic nitrogens is 1. The van der Waals surface area contributed by atoms with E-state index in [2.05, 4.69) is 15.8 Å². The lowest BCUT2D eigenvalue weighted by Crippen LogP contribution is -2.20. The molecular weight excluding hydrogens is 416 g/mol. The van der Waals surface area contributed by atoms with E-state index >= 15 is 0 Å². The van der Waals surface area contributed by atoms with Gasteiger partial charge in [0.1, 0.15) is 11.3 Å². The van der Waals surface area contributed by atoms with Crippen LogP contribution in [0.2, 0.25) is 0 Å². The van der Waals surface area contributed by atoms with Gasteiger partial charge in [-0.05, 0) is 47.5 Å². The first-order valence-electron chi connectivity index (χ1n) is 8.91. The Morgan fingerprint density at radius 1 is 0.968 bits per heavy atom. The van der Waals surface area contributed by atoms with Crippen molar-refractivity contribution in [1.29, 1.82) is 0 Å². The number of amides is 2. The Morgan fingerprint density at radius 3 is 2.35 bits per heavy atom. The second kappa shape index (κ2) is 7.63. The maximum absolute atomic E-state index is 13.4. The molecule has 0 bridgehead atoms. The Morgan fingerprint density at radius 2 is 1.65 bits per heavy atom. The minimum atomic E-state index is -4.87. The van der Waals surface area contributed by atoms with Crippen molar-refractivity contribution in [2.24, 2.45) is 0 Å². The SMILES string of the molecule is Nc1onc2cccc(-c3ccc(NC(=O)Nc4ccc(F)c(C(F)(F)F)c4)cc3)c12. The van der Waals surface area contributed by atoms with Crippen LogP contribution < -0.4 is 16.4 Å². The zero-order chi connectivity index (χ0) is 22.2. The van der Waals surface area contributed by atoms with Crippen LogP contribution >= 0.6 is 0 Å². The third kappa shape index (κ3) is 4.13. The van der Waals surface area contributed by atoms with E-state index in [-0.39, 0.29) is 11.6 Å². The molecule has 10 heteroatoms. The molecule has 31 heavy (non-hydrogen) atoms. The third-order valence-corrected chi connectivity index (χ3v) is 4.51. The van der Waals surface area contributed by atoms with Gasteiger partial charge in [0.25, 0.3) is 0 Å². The van der Waals surface area contributed by atoms with Crippen LogP contribution in [-0.2, 0) is 6.18 Å². The Labute approximate surface area is 172 Å². The van der Waals surface area contributed by atoms with Crippen molar-refractivity contribution in [2.45, 2.75) is 6.18 Å². The average Bonchev–Trinajstić information content (AvgIpc) is 3.10. The predicted octanol–water partition coefficient (Wildman–Crippen LogP) is 5.88. The van der Waals surface area contributed by atoms with Gasteiger partial charge < -0.3 is 20.9 Å². The molecule has 0 unspecified atom stereocenters. The lowest BCUT2D eigenvalue weighted by molar-refractivity contribution is -0.139. The molecule has 1 aromatic heterocycles. The summed E-state index contributed by atoms with van der Waals surface area (Å²) in [6.07, 6.45) is -4.87. The number of benzene rings is 3. The molecule has 3 aromatic carbocycles. The molecule has 0 saturated carbocycles. The van der Waals surface area contributed by atoms with Crippen molar-refractivity contribution in [1.82, 2.24) is 5.16 Å². The lowest BCUT2D eigenvalue weighted by atomic mass is 10.0. The Hall–Kier alpha value is -4.08. The van der Waals surface area contributed by atoms with E-state index in [0.717, 1.165) is 17.2 Å². The molecule has 0 atom stereocenters. The molecule has 2 amide bonds. The maximum atomic E-state index is 13.4. The molecule has 0 fully saturated rings. The monoisotopic (exact) mass is 430 g/mol. The number of nitrogen functional groups attached to an aromatic ring is 1. The van der Waals surface area contributed by atoms with E-state index in [1.807, 2.05) is 6.07 Å². The Bertz CT molecular complexity index is 1270. The highest BCUT2D eigenvalue weighted by Crippen LogP contribution is 2.34. The third-order valence-electron chi connectivity index (χ3n) is 4.51. The minimum absolute atomic E-state index is 0.185. The van der Waals surface area contributed by atoms with Crippen LogP contribution in [0, 0.1) is 5.82 Å². The number of nitrogens with two attached hydrogens (primary N) is 1. The summed E-state index contributed by atoms with van der Waals surface area (Å²) in [5, 5.41) is 9.29. The fourth-order valence-corrected chi connectivity index (χ4v) is 3.11. The van der Waals surface area contributed by atoms with Crippen LogP contribution in [0.5, 0.6) is 0 Å². The van der Waals surface area contributed by atoms with Crippen LogP contribution in [-0.4, -0.2) is 11.2 Å². The summed E-state index contributed by atoms with van der Waals surface area (Å²) < 4.78 is 56.8. The van der Waals surface area contributed by atoms with Gasteiger partial charge in [-0.2, -0.15) is 13.2 Å². The van der Waals surface area contributed by atoms with Crippen molar-refractivity contribution >= 4 is 34.2 Å². The molecule has 0 aliphatic rings. The summed E-state index contributed by atoms with van der Waals surface area (Å²) in [4.78, 5) is 12.1. The normalized spacial score (nSPS) is 11.5. The van der Waals surface area contributed by atoms with Gasteiger partial charge in [-0.3, -0.25) is 0 Å². The van der Waals surface area contributed by atoms with Crippen molar-refractivity contribution in [3.63, 3.8) is 0 Å². The van der Waals surface area contributed by atoms with Crippen LogP contribution in [0.1, 0.15) is 5.56 Å². The van der Waals surface area contributed by atoms with Gasteiger partial charge in [0.2, 0.25) is 5.88 Å². The highest BCUT2D eigenvalue weighted by molar-refractivity contribution is 6.02. The van der Waals surface area contributed by atoms with Crippen molar-refractivity contribution < 1.29 is 26.9 Å². The summed E-state index contributed by atoms with van der Waals surface area (Å²) in [6, 6.07) is 13.5. The van der Waals surface area contributed by atoms with E-state index < -0.39 is 23.6 Å². The fraction of sp³-hybridized carbons (Fsp3) is 0.0476.